The Kier molecular flexibility index (Phi) is 2.67. The molecule has 1 heterocycles. The first kappa shape index (κ1) is 12.7. The summed E-state index contributed by atoms with van der Waals surface area (Å²) in [5.41, 5.74) is 0.0794. The van der Waals surface area contributed by atoms with Crippen molar-refractivity contribution in [1.29, 1.82) is 0 Å². The summed E-state index contributed by atoms with van der Waals surface area (Å²) in [4.78, 5) is 25.8. The summed E-state index contributed by atoms with van der Waals surface area (Å²) in [6.07, 6.45) is 8.11. The molecule has 2 amide bonds. The highest BCUT2D eigenvalue weighted by Crippen LogP contribution is 2.55. The van der Waals surface area contributed by atoms with Crippen molar-refractivity contribution in [3.8, 4) is 0 Å². The highest BCUT2D eigenvalue weighted by Gasteiger charge is 2.52. The second-order valence-corrected chi connectivity index (χ2v) is 7.86. The van der Waals surface area contributed by atoms with E-state index in [-0.39, 0.29) is 23.3 Å². The Labute approximate surface area is 120 Å². The van der Waals surface area contributed by atoms with Crippen molar-refractivity contribution in [2.24, 2.45) is 23.7 Å². The summed E-state index contributed by atoms with van der Waals surface area (Å²) in [5, 5.41) is 3.39. The van der Waals surface area contributed by atoms with Gasteiger partial charge in [0.15, 0.2) is 0 Å². The molecule has 5 aliphatic rings. The van der Waals surface area contributed by atoms with Gasteiger partial charge in [-0.1, -0.05) is 0 Å². The summed E-state index contributed by atoms with van der Waals surface area (Å²) < 4.78 is 0. The van der Waals surface area contributed by atoms with Crippen molar-refractivity contribution >= 4 is 11.8 Å². The number of rotatable bonds is 2. The number of nitrogens with one attached hydrogen (secondary N) is 1. The van der Waals surface area contributed by atoms with E-state index in [0.29, 0.717) is 13.0 Å². The van der Waals surface area contributed by atoms with E-state index in [1.807, 2.05) is 0 Å². The highest BCUT2D eigenvalue weighted by molar-refractivity contribution is 5.89. The monoisotopic (exact) mass is 276 g/mol. The molecule has 5 fully saturated rings. The molecule has 1 N–H and O–H groups in total. The maximum atomic E-state index is 12.5. The Morgan fingerprint density at radius 3 is 2.15 bits per heavy atom. The molecular formula is C16H24N2O2. The molecule has 0 spiro atoms. The summed E-state index contributed by atoms with van der Waals surface area (Å²) >= 11 is 0. The van der Waals surface area contributed by atoms with Gasteiger partial charge in [-0.05, 0) is 56.3 Å². The topological polar surface area (TPSA) is 49.4 Å². The van der Waals surface area contributed by atoms with E-state index in [4.69, 9.17) is 0 Å². The lowest BCUT2D eigenvalue weighted by atomic mass is 9.53. The number of amides is 2. The Bertz CT molecular complexity index is 424. The average Bonchev–Trinajstić information content (AvgIpc) is 2.67. The van der Waals surface area contributed by atoms with Gasteiger partial charge in [-0.3, -0.25) is 9.59 Å². The molecule has 4 saturated carbocycles. The third kappa shape index (κ3) is 1.95. The highest BCUT2D eigenvalue weighted by atomic mass is 16.2. The molecule has 5 rings (SSSR count). The van der Waals surface area contributed by atoms with Gasteiger partial charge in [-0.15, -0.1) is 0 Å². The minimum Gasteiger partial charge on any atom is -0.350 e. The standard InChI is InChI=1S/C16H24N2O2/c1-18-9-13(5-14(18)19)15(20)17-16-6-10-2-11(7-16)4-12(3-10)8-16/h10-13H,2-9H2,1H3,(H,17,20). The van der Waals surface area contributed by atoms with Crippen LogP contribution in [0.4, 0.5) is 0 Å². The van der Waals surface area contributed by atoms with Crippen molar-refractivity contribution in [2.45, 2.75) is 50.5 Å². The van der Waals surface area contributed by atoms with E-state index in [9.17, 15) is 9.59 Å². The Hall–Kier alpha value is -1.06. The van der Waals surface area contributed by atoms with Gasteiger partial charge in [-0.2, -0.15) is 0 Å². The van der Waals surface area contributed by atoms with Crippen molar-refractivity contribution in [3.63, 3.8) is 0 Å². The molecule has 110 valence electrons. The lowest BCUT2D eigenvalue weighted by Crippen LogP contribution is -2.60. The van der Waals surface area contributed by atoms with Crippen LogP contribution in [0.3, 0.4) is 0 Å². The van der Waals surface area contributed by atoms with Crippen LogP contribution >= 0.6 is 0 Å². The van der Waals surface area contributed by atoms with E-state index in [1.165, 1.54) is 38.5 Å². The zero-order valence-electron chi connectivity index (χ0n) is 12.2. The fourth-order valence-corrected chi connectivity index (χ4v) is 5.67. The van der Waals surface area contributed by atoms with Crippen LogP contribution in [0.15, 0.2) is 0 Å². The molecule has 0 aromatic carbocycles. The third-order valence-corrected chi connectivity index (χ3v) is 6.14. The lowest BCUT2D eigenvalue weighted by molar-refractivity contribution is -0.131. The Balaban J connectivity index is 1.46. The molecule has 4 nitrogen and oxygen atoms in total. The van der Waals surface area contributed by atoms with E-state index in [0.717, 1.165) is 17.8 Å². The second kappa shape index (κ2) is 4.22. The molecule has 4 heteroatoms. The Morgan fingerprint density at radius 2 is 1.70 bits per heavy atom. The summed E-state index contributed by atoms with van der Waals surface area (Å²) in [6, 6.07) is 0. The number of hydrogen-bond acceptors (Lipinski definition) is 2. The molecule has 1 aliphatic heterocycles. The number of nitrogens with zero attached hydrogens (tertiary/aromatic N) is 1. The number of hydrogen-bond donors (Lipinski definition) is 1. The van der Waals surface area contributed by atoms with Crippen LogP contribution in [0.1, 0.15) is 44.9 Å². The van der Waals surface area contributed by atoms with Crippen LogP contribution in [-0.4, -0.2) is 35.8 Å². The number of carbonyl (C=O) groups is 2. The van der Waals surface area contributed by atoms with Gasteiger partial charge in [0.1, 0.15) is 0 Å². The smallest absolute Gasteiger partial charge is 0.225 e. The van der Waals surface area contributed by atoms with Crippen molar-refractivity contribution in [2.75, 3.05) is 13.6 Å². The Morgan fingerprint density at radius 1 is 1.15 bits per heavy atom. The summed E-state index contributed by atoms with van der Waals surface area (Å²) in [6.45, 7) is 0.594. The van der Waals surface area contributed by atoms with Gasteiger partial charge in [0.05, 0.1) is 5.92 Å². The minimum absolute atomic E-state index is 0.0794. The molecule has 20 heavy (non-hydrogen) atoms. The second-order valence-electron chi connectivity index (χ2n) is 7.86. The van der Waals surface area contributed by atoms with E-state index < -0.39 is 0 Å². The molecule has 1 saturated heterocycles. The van der Waals surface area contributed by atoms with Crippen LogP contribution in [0.5, 0.6) is 0 Å². The van der Waals surface area contributed by atoms with Crippen LogP contribution in [0, 0.1) is 23.7 Å². The normalized spacial score (nSPS) is 46.0. The first-order chi connectivity index (χ1) is 9.53. The van der Waals surface area contributed by atoms with Gasteiger partial charge in [0.25, 0.3) is 0 Å². The minimum atomic E-state index is -0.125. The zero-order valence-corrected chi connectivity index (χ0v) is 12.2. The predicted octanol–water partition coefficient (Wildman–Crippen LogP) is 1.55. The third-order valence-electron chi connectivity index (χ3n) is 6.14. The van der Waals surface area contributed by atoms with E-state index >= 15 is 0 Å². The average molecular weight is 276 g/mol. The zero-order chi connectivity index (χ0) is 13.9. The molecule has 1 atom stereocenters. The van der Waals surface area contributed by atoms with Crippen molar-refractivity contribution in [3.05, 3.63) is 0 Å². The fraction of sp³-hybridized carbons (Fsp3) is 0.875. The van der Waals surface area contributed by atoms with Crippen LogP contribution in [0.25, 0.3) is 0 Å². The summed E-state index contributed by atoms with van der Waals surface area (Å²) in [5.74, 6) is 2.64. The SMILES string of the molecule is CN1CC(C(=O)NC23CC4CC(CC(C4)C2)C3)CC1=O. The molecule has 4 aliphatic carbocycles. The van der Waals surface area contributed by atoms with Gasteiger partial charge in [0, 0.05) is 25.6 Å². The molecule has 1 unspecified atom stereocenters. The van der Waals surface area contributed by atoms with E-state index in [1.54, 1.807) is 11.9 Å². The largest absolute Gasteiger partial charge is 0.350 e. The van der Waals surface area contributed by atoms with Crippen molar-refractivity contribution < 1.29 is 9.59 Å². The van der Waals surface area contributed by atoms with Crippen molar-refractivity contribution in [1.82, 2.24) is 10.2 Å². The number of carbonyl (C=O) groups excluding carboxylic acids is 2. The van der Waals surface area contributed by atoms with Gasteiger partial charge in [-0.25, -0.2) is 0 Å². The maximum Gasteiger partial charge on any atom is 0.225 e. The first-order valence-electron chi connectivity index (χ1n) is 8.09. The quantitative estimate of drug-likeness (QED) is 0.832. The number of likely N-dealkylation sites (tertiary alicyclic amines) is 1. The molecule has 0 radical (unpaired) electrons. The van der Waals surface area contributed by atoms with E-state index in [2.05, 4.69) is 5.32 Å². The molecule has 0 aromatic rings. The van der Waals surface area contributed by atoms with Gasteiger partial charge >= 0.3 is 0 Å². The molecule has 0 aromatic heterocycles. The van der Waals surface area contributed by atoms with Crippen LogP contribution in [0.2, 0.25) is 0 Å². The first-order valence-corrected chi connectivity index (χ1v) is 8.09. The van der Waals surface area contributed by atoms with Gasteiger partial charge < -0.3 is 10.2 Å². The predicted molar refractivity (Wildman–Crippen MR) is 74.8 cm³/mol. The fourth-order valence-electron chi connectivity index (χ4n) is 5.67. The van der Waals surface area contributed by atoms with Crippen LogP contribution in [-0.2, 0) is 9.59 Å². The van der Waals surface area contributed by atoms with Crippen LogP contribution < -0.4 is 5.32 Å². The van der Waals surface area contributed by atoms with Gasteiger partial charge in [0.2, 0.25) is 11.8 Å². The molecular weight excluding hydrogens is 252 g/mol. The lowest BCUT2D eigenvalue weighted by Gasteiger charge is -2.57. The molecule has 4 bridgehead atoms. The maximum absolute atomic E-state index is 12.5. The summed E-state index contributed by atoms with van der Waals surface area (Å²) in [7, 11) is 1.79.